The third-order valence-electron chi connectivity index (χ3n) is 2.32. The summed E-state index contributed by atoms with van der Waals surface area (Å²) >= 11 is 1.52. The molecule has 2 rings (SSSR count). The molecule has 80 valence electrons. The standard InChI is InChI=1S/C10H12N2O2S/c1-5(2)7-4-6-9(15-7)8(10(13)14)11-12(6)3/h4-5H,1-3H3,(H,13,14). The van der Waals surface area contributed by atoms with Crippen molar-refractivity contribution in [3.63, 3.8) is 0 Å². The molecule has 0 unspecified atom stereocenters. The van der Waals surface area contributed by atoms with Gasteiger partial charge in [-0.05, 0) is 12.0 Å². The first-order valence-electron chi connectivity index (χ1n) is 4.70. The summed E-state index contributed by atoms with van der Waals surface area (Å²) in [5.41, 5.74) is 1.06. The summed E-state index contributed by atoms with van der Waals surface area (Å²) in [4.78, 5) is 12.1. The summed E-state index contributed by atoms with van der Waals surface area (Å²) in [5.74, 6) is -0.540. The van der Waals surface area contributed by atoms with Crippen LogP contribution < -0.4 is 0 Å². The molecule has 2 heterocycles. The largest absolute Gasteiger partial charge is 0.476 e. The normalized spacial score (nSPS) is 11.5. The minimum Gasteiger partial charge on any atom is -0.476 e. The van der Waals surface area contributed by atoms with Crippen LogP contribution in [0.5, 0.6) is 0 Å². The molecule has 0 aliphatic rings. The van der Waals surface area contributed by atoms with Crippen LogP contribution in [0.4, 0.5) is 0 Å². The van der Waals surface area contributed by atoms with Crippen LogP contribution in [0, 0.1) is 0 Å². The third-order valence-corrected chi connectivity index (χ3v) is 3.75. The molecule has 0 aliphatic carbocycles. The van der Waals surface area contributed by atoms with Crippen LogP contribution in [0.15, 0.2) is 6.07 Å². The number of carboxylic acids is 1. The fraction of sp³-hybridized carbons (Fsp3) is 0.400. The van der Waals surface area contributed by atoms with E-state index in [1.165, 1.54) is 16.2 Å². The van der Waals surface area contributed by atoms with E-state index in [1.807, 2.05) is 6.07 Å². The maximum atomic E-state index is 10.9. The average molecular weight is 224 g/mol. The Labute approximate surface area is 91.1 Å². The molecule has 0 atom stereocenters. The maximum absolute atomic E-state index is 10.9. The van der Waals surface area contributed by atoms with E-state index in [1.54, 1.807) is 11.7 Å². The van der Waals surface area contributed by atoms with Crippen molar-refractivity contribution in [2.24, 2.45) is 7.05 Å². The lowest BCUT2D eigenvalue weighted by Crippen LogP contribution is -1.99. The van der Waals surface area contributed by atoms with Gasteiger partial charge in [0.1, 0.15) is 0 Å². The van der Waals surface area contributed by atoms with E-state index >= 15 is 0 Å². The Morgan fingerprint density at radius 1 is 1.60 bits per heavy atom. The van der Waals surface area contributed by atoms with Gasteiger partial charge in [0.25, 0.3) is 0 Å². The van der Waals surface area contributed by atoms with Crippen molar-refractivity contribution in [3.05, 3.63) is 16.6 Å². The molecule has 0 bridgehead atoms. The molecular formula is C10H12N2O2S. The summed E-state index contributed by atoms with van der Waals surface area (Å²) in [6.07, 6.45) is 0. The molecule has 0 saturated heterocycles. The Balaban J connectivity index is 2.70. The highest BCUT2D eigenvalue weighted by molar-refractivity contribution is 7.19. The van der Waals surface area contributed by atoms with Crippen LogP contribution in [-0.4, -0.2) is 20.9 Å². The van der Waals surface area contributed by atoms with Crippen molar-refractivity contribution in [2.75, 3.05) is 0 Å². The number of thiophene rings is 1. The molecule has 0 spiro atoms. The van der Waals surface area contributed by atoms with E-state index in [-0.39, 0.29) is 5.69 Å². The number of hydrogen-bond acceptors (Lipinski definition) is 3. The van der Waals surface area contributed by atoms with E-state index in [2.05, 4.69) is 18.9 Å². The van der Waals surface area contributed by atoms with Gasteiger partial charge in [-0.3, -0.25) is 4.68 Å². The Bertz CT molecular complexity index is 525. The highest BCUT2D eigenvalue weighted by atomic mass is 32.1. The van der Waals surface area contributed by atoms with Gasteiger partial charge in [0.2, 0.25) is 0 Å². The number of aromatic nitrogens is 2. The molecule has 5 heteroatoms. The van der Waals surface area contributed by atoms with E-state index in [4.69, 9.17) is 5.11 Å². The zero-order valence-electron chi connectivity index (χ0n) is 8.81. The smallest absolute Gasteiger partial charge is 0.357 e. The van der Waals surface area contributed by atoms with Gasteiger partial charge in [-0.2, -0.15) is 5.10 Å². The van der Waals surface area contributed by atoms with Crippen LogP contribution in [0.25, 0.3) is 10.2 Å². The van der Waals surface area contributed by atoms with E-state index in [0.717, 1.165) is 10.2 Å². The average Bonchev–Trinajstić information content (AvgIpc) is 2.66. The van der Waals surface area contributed by atoms with Crippen LogP contribution >= 0.6 is 11.3 Å². The lowest BCUT2D eigenvalue weighted by Gasteiger charge is -1.97. The number of fused-ring (bicyclic) bond motifs is 1. The summed E-state index contributed by atoms with van der Waals surface area (Å²) in [7, 11) is 1.77. The van der Waals surface area contributed by atoms with E-state index < -0.39 is 5.97 Å². The molecule has 0 saturated carbocycles. The number of aromatic carboxylic acids is 1. The predicted molar refractivity (Wildman–Crippen MR) is 59.6 cm³/mol. The van der Waals surface area contributed by atoms with Gasteiger partial charge in [0.15, 0.2) is 5.69 Å². The number of carboxylic acid groups (broad SMARTS) is 1. The number of hydrogen-bond donors (Lipinski definition) is 1. The van der Waals surface area contributed by atoms with Crippen LogP contribution in [0.1, 0.15) is 35.1 Å². The molecule has 0 fully saturated rings. The molecule has 1 N–H and O–H groups in total. The van der Waals surface area contributed by atoms with Gasteiger partial charge >= 0.3 is 5.97 Å². The fourth-order valence-electron chi connectivity index (χ4n) is 1.48. The predicted octanol–water partition coefficient (Wildman–Crippen LogP) is 2.46. The molecule has 0 aliphatic heterocycles. The molecule has 15 heavy (non-hydrogen) atoms. The van der Waals surface area contributed by atoms with Gasteiger partial charge in [-0.1, -0.05) is 13.8 Å². The Hall–Kier alpha value is -1.36. The van der Waals surface area contributed by atoms with Crippen LogP contribution in [0.2, 0.25) is 0 Å². The maximum Gasteiger partial charge on any atom is 0.357 e. The first-order valence-corrected chi connectivity index (χ1v) is 5.52. The first kappa shape index (κ1) is 10.2. The number of carbonyl (C=O) groups is 1. The molecule has 0 radical (unpaired) electrons. The Morgan fingerprint density at radius 3 is 2.80 bits per heavy atom. The highest BCUT2D eigenvalue weighted by Gasteiger charge is 2.18. The van der Waals surface area contributed by atoms with Gasteiger partial charge in [0.05, 0.1) is 10.2 Å². The second kappa shape index (κ2) is 3.34. The fourth-order valence-corrected chi connectivity index (χ4v) is 2.65. The highest BCUT2D eigenvalue weighted by Crippen LogP contribution is 2.32. The second-order valence-electron chi connectivity index (χ2n) is 3.80. The van der Waals surface area contributed by atoms with Crippen LogP contribution in [-0.2, 0) is 7.05 Å². The van der Waals surface area contributed by atoms with Gasteiger partial charge in [-0.25, -0.2) is 4.79 Å². The van der Waals surface area contributed by atoms with Crippen molar-refractivity contribution in [1.29, 1.82) is 0 Å². The SMILES string of the molecule is CC(C)c1cc2c(s1)c(C(=O)O)nn2C. The summed E-state index contributed by atoms with van der Waals surface area (Å²) in [6, 6.07) is 2.02. The van der Waals surface area contributed by atoms with Crippen LogP contribution in [0.3, 0.4) is 0 Å². The van der Waals surface area contributed by atoms with Gasteiger partial charge in [-0.15, -0.1) is 11.3 Å². The number of rotatable bonds is 2. The minimum absolute atomic E-state index is 0.157. The zero-order valence-corrected chi connectivity index (χ0v) is 9.63. The number of nitrogens with zero attached hydrogens (tertiary/aromatic N) is 2. The molecule has 0 amide bonds. The lowest BCUT2D eigenvalue weighted by atomic mass is 10.2. The summed E-state index contributed by atoms with van der Waals surface area (Å²) in [6.45, 7) is 4.19. The van der Waals surface area contributed by atoms with Crippen molar-refractivity contribution in [2.45, 2.75) is 19.8 Å². The monoisotopic (exact) mass is 224 g/mol. The summed E-state index contributed by atoms with van der Waals surface area (Å²) in [5, 5.41) is 13.0. The first-order chi connectivity index (χ1) is 7.00. The Kier molecular flexibility index (Phi) is 2.26. The quantitative estimate of drug-likeness (QED) is 0.852. The third kappa shape index (κ3) is 1.52. The number of aryl methyl sites for hydroxylation is 1. The lowest BCUT2D eigenvalue weighted by molar-refractivity contribution is 0.0692. The molecule has 2 aromatic heterocycles. The molecule has 0 aromatic carbocycles. The Morgan fingerprint density at radius 2 is 2.27 bits per heavy atom. The van der Waals surface area contributed by atoms with Gasteiger partial charge < -0.3 is 5.11 Å². The van der Waals surface area contributed by atoms with Crippen molar-refractivity contribution in [1.82, 2.24) is 9.78 Å². The van der Waals surface area contributed by atoms with Crippen molar-refractivity contribution < 1.29 is 9.90 Å². The topological polar surface area (TPSA) is 55.1 Å². The second-order valence-corrected chi connectivity index (χ2v) is 4.88. The molecule has 2 aromatic rings. The van der Waals surface area contributed by atoms with E-state index in [0.29, 0.717) is 5.92 Å². The van der Waals surface area contributed by atoms with Gasteiger partial charge in [0, 0.05) is 11.9 Å². The zero-order chi connectivity index (χ0) is 11.2. The molecule has 4 nitrogen and oxygen atoms in total. The van der Waals surface area contributed by atoms with Crippen molar-refractivity contribution in [3.8, 4) is 0 Å². The minimum atomic E-state index is -0.960. The summed E-state index contributed by atoms with van der Waals surface area (Å²) < 4.78 is 2.40. The molecular weight excluding hydrogens is 212 g/mol. The van der Waals surface area contributed by atoms with E-state index in [9.17, 15) is 4.79 Å². The van der Waals surface area contributed by atoms with Crippen molar-refractivity contribution >= 4 is 27.5 Å².